The summed E-state index contributed by atoms with van der Waals surface area (Å²) in [5.74, 6) is -1.15. The molecule has 0 bridgehead atoms. The Balaban J connectivity index is 3.17. The van der Waals surface area contributed by atoms with Gasteiger partial charge in [-0.3, -0.25) is 0 Å². The lowest BCUT2D eigenvalue weighted by molar-refractivity contribution is 0.0696. The summed E-state index contributed by atoms with van der Waals surface area (Å²) in [6.45, 7) is 4.68. The number of carbonyl (C=O) groups is 1. The van der Waals surface area contributed by atoms with Crippen LogP contribution in [0.3, 0.4) is 0 Å². The third-order valence-corrected chi connectivity index (χ3v) is 4.21. The highest BCUT2D eigenvalue weighted by molar-refractivity contribution is 7.89. The Bertz CT molecular complexity index is 570. The summed E-state index contributed by atoms with van der Waals surface area (Å²) in [5.41, 5.74) is 0.351. The summed E-state index contributed by atoms with van der Waals surface area (Å²) >= 11 is 0. The van der Waals surface area contributed by atoms with Crippen molar-refractivity contribution in [3.8, 4) is 0 Å². The van der Waals surface area contributed by atoms with Gasteiger partial charge in [0.1, 0.15) is 4.90 Å². The Labute approximate surface area is 119 Å². The van der Waals surface area contributed by atoms with Crippen LogP contribution in [0.25, 0.3) is 0 Å². The highest BCUT2D eigenvalue weighted by Gasteiger charge is 2.20. The standard InChI is InChI=1S/C13H20N2O4S/c1-3-5-8-15-20(18,19)12-9-10(13(16)17)6-7-11(12)14-4-2/h6-7,9,14-15H,3-5,8H2,1-2H3,(H,16,17). The number of hydrogen-bond acceptors (Lipinski definition) is 4. The molecule has 0 aliphatic heterocycles. The number of benzene rings is 1. The van der Waals surface area contributed by atoms with E-state index in [-0.39, 0.29) is 10.5 Å². The van der Waals surface area contributed by atoms with Crippen LogP contribution in [-0.2, 0) is 10.0 Å². The zero-order valence-electron chi connectivity index (χ0n) is 11.6. The van der Waals surface area contributed by atoms with Gasteiger partial charge >= 0.3 is 5.97 Å². The van der Waals surface area contributed by atoms with Crippen LogP contribution in [0, 0.1) is 0 Å². The van der Waals surface area contributed by atoms with Crippen molar-refractivity contribution in [1.29, 1.82) is 0 Å². The van der Waals surface area contributed by atoms with Crippen molar-refractivity contribution in [3.05, 3.63) is 23.8 Å². The van der Waals surface area contributed by atoms with Gasteiger partial charge in [-0.15, -0.1) is 0 Å². The third kappa shape index (κ3) is 4.21. The molecule has 112 valence electrons. The third-order valence-electron chi connectivity index (χ3n) is 2.71. The zero-order valence-corrected chi connectivity index (χ0v) is 12.5. The van der Waals surface area contributed by atoms with Crippen molar-refractivity contribution in [2.75, 3.05) is 18.4 Å². The van der Waals surface area contributed by atoms with Gasteiger partial charge in [-0.25, -0.2) is 17.9 Å². The van der Waals surface area contributed by atoms with Crippen LogP contribution in [0.1, 0.15) is 37.0 Å². The molecule has 0 saturated carbocycles. The molecular formula is C13H20N2O4S. The van der Waals surface area contributed by atoms with Gasteiger partial charge in [0, 0.05) is 13.1 Å². The SMILES string of the molecule is CCCCNS(=O)(=O)c1cc(C(=O)O)ccc1NCC. The Morgan fingerprint density at radius 2 is 2.00 bits per heavy atom. The summed E-state index contributed by atoms with van der Waals surface area (Å²) in [4.78, 5) is 10.9. The number of carboxylic acid groups (broad SMARTS) is 1. The van der Waals surface area contributed by atoms with Crippen molar-refractivity contribution in [2.24, 2.45) is 0 Å². The molecule has 0 unspecified atom stereocenters. The lowest BCUT2D eigenvalue weighted by Gasteiger charge is -2.13. The molecule has 1 aromatic rings. The van der Waals surface area contributed by atoms with Gasteiger partial charge in [0.25, 0.3) is 0 Å². The molecule has 0 fully saturated rings. The summed E-state index contributed by atoms with van der Waals surface area (Å²) in [5, 5.41) is 11.9. The van der Waals surface area contributed by atoms with E-state index in [1.165, 1.54) is 18.2 Å². The molecule has 6 nitrogen and oxygen atoms in total. The van der Waals surface area contributed by atoms with Crippen LogP contribution >= 0.6 is 0 Å². The number of aromatic carboxylic acids is 1. The van der Waals surface area contributed by atoms with Crippen LogP contribution in [0.5, 0.6) is 0 Å². The molecule has 3 N–H and O–H groups in total. The number of sulfonamides is 1. The molecule has 0 aliphatic carbocycles. The Morgan fingerprint density at radius 3 is 2.55 bits per heavy atom. The second-order valence-corrected chi connectivity index (χ2v) is 6.03. The first-order valence-corrected chi connectivity index (χ1v) is 8.01. The minimum absolute atomic E-state index is 0.0321. The maximum Gasteiger partial charge on any atom is 0.335 e. The van der Waals surface area contributed by atoms with Gasteiger partial charge in [-0.1, -0.05) is 13.3 Å². The highest BCUT2D eigenvalue weighted by Crippen LogP contribution is 2.22. The average Bonchev–Trinajstić information content (AvgIpc) is 2.39. The first kappa shape index (κ1) is 16.5. The monoisotopic (exact) mass is 300 g/mol. The first-order valence-electron chi connectivity index (χ1n) is 6.53. The van der Waals surface area contributed by atoms with Crippen molar-refractivity contribution < 1.29 is 18.3 Å². The van der Waals surface area contributed by atoms with Gasteiger partial charge in [-0.2, -0.15) is 0 Å². The quantitative estimate of drug-likeness (QED) is 0.637. The fourth-order valence-corrected chi connectivity index (χ4v) is 2.96. The van der Waals surface area contributed by atoms with Gasteiger partial charge in [-0.05, 0) is 31.5 Å². The van der Waals surface area contributed by atoms with E-state index in [1.807, 2.05) is 13.8 Å². The molecule has 0 radical (unpaired) electrons. The molecule has 0 aliphatic rings. The van der Waals surface area contributed by atoms with Gasteiger partial charge in [0.2, 0.25) is 10.0 Å². The minimum atomic E-state index is -3.72. The summed E-state index contributed by atoms with van der Waals surface area (Å²) in [6.07, 6.45) is 1.60. The number of nitrogens with one attached hydrogen (secondary N) is 2. The zero-order chi connectivity index (χ0) is 15.2. The van der Waals surface area contributed by atoms with E-state index in [0.717, 1.165) is 12.8 Å². The Morgan fingerprint density at radius 1 is 1.30 bits per heavy atom. The Hall–Kier alpha value is -1.60. The van der Waals surface area contributed by atoms with Crippen LogP contribution < -0.4 is 10.0 Å². The Kier molecular flexibility index (Phi) is 5.97. The molecule has 1 rings (SSSR count). The van der Waals surface area contributed by atoms with Crippen LogP contribution in [0.15, 0.2) is 23.1 Å². The molecule has 0 heterocycles. The summed E-state index contributed by atoms with van der Waals surface area (Å²) in [6, 6.07) is 4.03. The van der Waals surface area contributed by atoms with E-state index >= 15 is 0 Å². The van der Waals surface area contributed by atoms with Crippen molar-refractivity contribution >= 4 is 21.7 Å². The van der Waals surface area contributed by atoms with Crippen LogP contribution in [-0.4, -0.2) is 32.6 Å². The number of unbranched alkanes of at least 4 members (excludes halogenated alkanes) is 1. The highest BCUT2D eigenvalue weighted by atomic mass is 32.2. The number of rotatable bonds is 8. The van der Waals surface area contributed by atoms with E-state index in [4.69, 9.17) is 5.11 Å². The fraction of sp³-hybridized carbons (Fsp3) is 0.462. The van der Waals surface area contributed by atoms with Gasteiger partial charge < -0.3 is 10.4 Å². The largest absolute Gasteiger partial charge is 0.478 e. The van der Waals surface area contributed by atoms with Gasteiger partial charge in [0.15, 0.2) is 0 Å². The topological polar surface area (TPSA) is 95.5 Å². The van der Waals surface area contributed by atoms with E-state index < -0.39 is 16.0 Å². The lowest BCUT2D eigenvalue weighted by atomic mass is 10.2. The van der Waals surface area contributed by atoms with Crippen LogP contribution in [0.4, 0.5) is 5.69 Å². The number of anilines is 1. The maximum atomic E-state index is 12.2. The fourth-order valence-electron chi connectivity index (χ4n) is 1.68. The summed E-state index contributed by atoms with van der Waals surface area (Å²) in [7, 11) is -3.72. The molecule has 0 spiro atoms. The predicted octanol–water partition coefficient (Wildman–Crippen LogP) is 1.90. The molecule has 0 atom stereocenters. The molecule has 0 saturated heterocycles. The number of hydrogen-bond donors (Lipinski definition) is 3. The molecule has 0 amide bonds. The molecule has 7 heteroatoms. The van der Waals surface area contributed by atoms with Crippen LogP contribution in [0.2, 0.25) is 0 Å². The second-order valence-electron chi connectivity index (χ2n) is 4.30. The van der Waals surface area contributed by atoms with E-state index in [0.29, 0.717) is 18.8 Å². The molecular weight excluding hydrogens is 280 g/mol. The molecule has 0 aromatic heterocycles. The van der Waals surface area contributed by atoms with E-state index in [1.54, 1.807) is 0 Å². The summed E-state index contributed by atoms with van der Waals surface area (Å²) < 4.78 is 26.9. The average molecular weight is 300 g/mol. The van der Waals surface area contributed by atoms with Crippen molar-refractivity contribution in [2.45, 2.75) is 31.6 Å². The lowest BCUT2D eigenvalue weighted by Crippen LogP contribution is -2.26. The van der Waals surface area contributed by atoms with E-state index in [9.17, 15) is 13.2 Å². The smallest absolute Gasteiger partial charge is 0.335 e. The maximum absolute atomic E-state index is 12.2. The molecule has 20 heavy (non-hydrogen) atoms. The normalized spacial score (nSPS) is 11.3. The first-order chi connectivity index (χ1) is 9.42. The van der Waals surface area contributed by atoms with Crippen molar-refractivity contribution in [1.82, 2.24) is 4.72 Å². The number of carboxylic acids is 1. The van der Waals surface area contributed by atoms with Gasteiger partial charge in [0.05, 0.1) is 11.3 Å². The van der Waals surface area contributed by atoms with Crippen molar-refractivity contribution in [3.63, 3.8) is 0 Å². The molecule has 1 aromatic carbocycles. The predicted molar refractivity (Wildman–Crippen MR) is 77.7 cm³/mol. The minimum Gasteiger partial charge on any atom is -0.478 e. The second kappa shape index (κ2) is 7.25. The van der Waals surface area contributed by atoms with E-state index in [2.05, 4.69) is 10.0 Å².